The monoisotopic (exact) mass is 380 g/mol. The largest absolute Gasteiger partial charge is 0.359 e. The van der Waals surface area contributed by atoms with E-state index in [1.54, 1.807) is 23.1 Å². The highest BCUT2D eigenvalue weighted by Gasteiger charge is 2.18. The summed E-state index contributed by atoms with van der Waals surface area (Å²) >= 11 is 6.23. The Balaban J connectivity index is 1.48. The zero-order valence-corrected chi connectivity index (χ0v) is 15.3. The third-order valence-electron chi connectivity index (χ3n) is 4.80. The van der Waals surface area contributed by atoms with Gasteiger partial charge in [-0.2, -0.15) is 0 Å². The molecule has 0 spiro atoms. The second kappa shape index (κ2) is 7.41. The molecule has 2 heterocycles. The Bertz CT molecular complexity index is 1070. The smallest absolute Gasteiger partial charge is 0.246 e. The molecule has 3 aromatic rings. The zero-order chi connectivity index (χ0) is 18.8. The number of H-pyrrole nitrogens is 1. The predicted octanol–water partition coefficient (Wildman–Crippen LogP) is 5.29. The molecular formula is C22H18ClFN2O. The normalized spacial score (nSPS) is 14.7. The van der Waals surface area contributed by atoms with Crippen LogP contribution in [0.2, 0.25) is 5.02 Å². The number of hydrogen-bond acceptors (Lipinski definition) is 1. The number of amides is 1. The van der Waals surface area contributed by atoms with E-state index < -0.39 is 0 Å². The van der Waals surface area contributed by atoms with Crippen molar-refractivity contribution >= 4 is 40.1 Å². The van der Waals surface area contributed by atoms with Crippen molar-refractivity contribution in [2.75, 3.05) is 13.1 Å². The Kier molecular flexibility index (Phi) is 4.82. The number of rotatable bonds is 3. The first kappa shape index (κ1) is 17.6. The summed E-state index contributed by atoms with van der Waals surface area (Å²) < 4.78 is 13.2. The van der Waals surface area contributed by atoms with Crippen LogP contribution in [0.5, 0.6) is 0 Å². The molecule has 2 aromatic carbocycles. The fraction of sp³-hybridized carbons (Fsp3) is 0.136. The molecular weight excluding hydrogens is 363 g/mol. The van der Waals surface area contributed by atoms with E-state index in [-0.39, 0.29) is 11.7 Å². The molecule has 3 nitrogen and oxygen atoms in total. The summed E-state index contributed by atoms with van der Waals surface area (Å²) in [4.78, 5) is 17.4. The standard InChI is InChI=1S/C22H18ClFN2O/c23-20-6-2-5-18-19(14-25-22(18)20)16-9-11-26(12-10-16)21(27)8-7-15-3-1-4-17(24)13-15/h1-9,13-14,25H,10-12H2/b8-7+. The fourth-order valence-electron chi connectivity index (χ4n) is 3.38. The average Bonchev–Trinajstić information content (AvgIpc) is 3.12. The number of aromatic nitrogens is 1. The van der Waals surface area contributed by atoms with Gasteiger partial charge in [0.2, 0.25) is 5.91 Å². The van der Waals surface area contributed by atoms with E-state index in [1.165, 1.54) is 23.8 Å². The number of carbonyl (C=O) groups excluding carboxylic acids is 1. The zero-order valence-electron chi connectivity index (χ0n) is 14.6. The minimum Gasteiger partial charge on any atom is -0.359 e. The molecule has 0 atom stereocenters. The van der Waals surface area contributed by atoms with Crippen LogP contribution in [0.1, 0.15) is 17.5 Å². The van der Waals surface area contributed by atoms with Crippen molar-refractivity contribution in [3.05, 3.63) is 82.8 Å². The van der Waals surface area contributed by atoms with Crippen LogP contribution in [0.15, 0.2) is 60.8 Å². The van der Waals surface area contributed by atoms with E-state index in [0.29, 0.717) is 23.7 Å². The molecule has 1 aliphatic heterocycles. The lowest BCUT2D eigenvalue weighted by atomic mass is 9.99. The van der Waals surface area contributed by atoms with Gasteiger partial charge in [-0.25, -0.2) is 4.39 Å². The highest BCUT2D eigenvalue weighted by molar-refractivity contribution is 6.35. The number of nitrogens with zero attached hydrogens (tertiary/aromatic N) is 1. The number of carbonyl (C=O) groups is 1. The SMILES string of the molecule is O=C(/C=C/c1cccc(F)c1)N1CC=C(c2c[nH]c3c(Cl)cccc23)CC1. The molecule has 1 aromatic heterocycles. The van der Waals surface area contributed by atoms with E-state index in [4.69, 9.17) is 11.6 Å². The summed E-state index contributed by atoms with van der Waals surface area (Å²) in [5, 5.41) is 1.80. The van der Waals surface area contributed by atoms with E-state index in [9.17, 15) is 9.18 Å². The number of para-hydroxylation sites is 1. The Morgan fingerprint density at radius 1 is 1.22 bits per heavy atom. The van der Waals surface area contributed by atoms with Gasteiger partial charge in [-0.3, -0.25) is 4.79 Å². The van der Waals surface area contributed by atoms with Crippen LogP contribution in [-0.4, -0.2) is 28.9 Å². The van der Waals surface area contributed by atoms with Crippen molar-refractivity contribution in [1.29, 1.82) is 0 Å². The van der Waals surface area contributed by atoms with E-state index in [2.05, 4.69) is 11.1 Å². The van der Waals surface area contributed by atoms with Crippen molar-refractivity contribution in [2.24, 2.45) is 0 Å². The number of fused-ring (bicyclic) bond motifs is 1. The first-order valence-corrected chi connectivity index (χ1v) is 9.17. The molecule has 0 fully saturated rings. The van der Waals surface area contributed by atoms with Gasteiger partial charge in [-0.15, -0.1) is 0 Å². The van der Waals surface area contributed by atoms with Crippen molar-refractivity contribution in [2.45, 2.75) is 6.42 Å². The number of nitrogens with one attached hydrogen (secondary N) is 1. The second-order valence-electron chi connectivity index (χ2n) is 6.52. The topological polar surface area (TPSA) is 36.1 Å². The average molecular weight is 381 g/mol. The summed E-state index contributed by atoms with van der Waals surface area (Å²) in [5.41, 5.74) is 3.95. The van der Waals surface area contributed by atoms with Crippen molar-refractivity contribution < 1.29 is 9.18 Å². The number of benzene rings is 2. The summed E-state index contributed by atoms with van der Waals surface area (Å²) in [7, 11) is 0. The molecule has 0 saturated carbocycles. The number of aromatic amines is 1. The lowest BCUT2D eigenvalue weighted by Gasteiger charge is -2.25. The van der Waals surface area contributed by atoms with Gasteiger partial charge < -0.3 is 9.88 Å². The molecule has 27 heavy (non-hydrogen) atoms. The van der Waals surface area contributed by atoms with Crippen molar-refractivity contribution in [3.8, 4) is 0 Å². The molecule has 0 saturated heterocycles. The maximum absolute atomic E-state index is 13.2. The number of halogens is 2. The molecule has 0 radical (unpaired) electrons. The highest BCUT2D eigenvalue weighted by Crippen LogP contribution is 2.32. The Morgan fingerprint density at radius 3 is 2.85 bits per heavy atom. The van der Waals surface area contributed by atoms with E-state index >= 15 is 0 Å². The van der Waals surface area contributed by atoms with Gasteiger partial charge in [0, 0.05) is 36.3 Å². The molecule has 0 bridgehead atoms. The Hall–Kier alpha value is -2.85. The lowest BCUT2D eigenvalue weighted by Crippen LogP contribution is -2.33. The van der Waals surface area contributed by atoms with E-state index in [1.807, 2.05) is 24.4 Å². The van der Waals surface area contributed by atoms with Crippen LogP contribution in [0.25, 0.3) is 22.6 Å². The van der Waals surface area contributed by atoms with Crippen molar-refractivity contribution in [3.63, 3.8) is 0 Å². The fourth-order valence-corrected chi connectivity index (χ4v) is 3.61. The minimum absolute atomic E-state index is 0.0727. The van der Waals surface area contributed by atoms with Crippen LogP contribution in [0.4, 0.5) is 4.39 Å². The highest BCUT2D eigenvalue weighted by atomic mass is 35.5. The second-order valence-corrected chi connectivity index (χ2v) is 6.92. The first-order valence-electron chi connectivity index (χ1n) is 8.79. The lowest BCUT2D eigenvalue weighted by molar-refractivity contribution is -0.125. The molecule has 1 N–H and O–H groups in total. The van der Waals surface area contributed by atoms with Gasteiger partial charge in [0.15, 0.2) is 0 Å². The third-order valence-corrected chi connectivity index (χ3v) is 5.11. The summed E-state index contributed by atoms with van der Waals surface area (Å²) in [6.07, 6.45) is 7.98. The number of hydrogen-bond donors (Lipinski definition) is 1. The maximum Gasteiger partial charge on any atom is 0.246 e. The van der Waals surface area contributed by atoms with E-state index in [0.717, 1.165) is 22.9 Å². The molecule has 0 aliphatic carbocycles. The molecule has 0 unspecified atom stereocenters. The van der Waals surface area contributed by atoms with Gasteiger partial charge >= 0.3 is 0 Å². The first-order chi connectivity index (χ1) is 13.1. The van der Waals surface area contributed by atoms with Crippen LogP contribution >= 0.6 is 11.6 Å². The third kappa shape index (κ3) is 3.67. The molecule has 4 rings (SSSR count). The molecule has 1 aliphatic rings. The summed E-state index contributed by atoms with van der Waals surface area (Å²) in [6, 6.07) is 12.0. The van der Waals surface area contributed by atoms with Crippen LogP contribution < -0.4 is 0 Å². The van der Waals surface area contributed by atoms with Gasteiger partial charge in [-0.1, -0.05) is 41.9 Å². The van der Waals surface area contributed by atoms with Gasteiger partial charge in [0.05, 0.1) is 10.5 Å². The summed E-state index contributed by atoms with van der Waals surface area (Å²) in [5.74, 6) is -0.384. The quantitative estimate of drug-likeness (QED) is 0.616. The van der Waals surface area contributed by atoms with Crippen molar-refractivity contribution in [1.82, 2.24) is 9.88 Å². The Labute approximate surface area is 161 Å². The predicted molar refractivity (Wildman–Crippen MR) is 108 cm³/mol. The summed E-state index contributed by atoms with van der Waals surface area (Å²) in [6.45, 7) is 1.19. The van der Waals surface area contributed by atoms with Gasteiger partial charge in [0.1, 0.15) is 5.82 Å². The van der Waals surface area contributed by atoms with Gasteiger partial charge in [0.25, 0.3) is 0 Å². The molecule has 5 heteroatoms. The van der Waals surface area contributed by atoms with Crippen LogP contribution in [-0.2, 0) is 4.79 Å². The minimum atomic E-state index is -0.311. The van der Waals surface area contributed by atoms with Crippen LogP contribution in [0.3, 0.4) is 0 Å². The Morgan fingerprint density at radius 2 is 2.07 bits per heavy atom. The molecule has 136 valence electrons. The van der Waals surface area contributed by atoms with Gasteiger partial charge in [-0.05, 0) is 41.8 Å². The van der Waals surface area contributed by atoms with Crippen LogP contribution in [0, 0.1) is 5.82 Å². The maximum atomic E-state index is 13.2. The molecule has 1 amide bonds.